The Labute approximate surface area is 48.4 Å². The van der Waals surface area contributed by atoms with Gasteiger partial charge in [0.25, 0.3) is 0 Å². The lowest BCUT2D eigenvalue weighted by Crippen LogP contribution is -2.13. The summed E-state index contributed by atoms with van der Waals surface area (Å²) in [5.74, 6) is 4.31. The summed E-state index contributed by atoms with van der Waals surface area (Å²) >= 11 is 0. The molecule has 0 bridgehead atoms. The van der Waals surface area contributed by atoms with Crippen LogP contribution in [0.15, 0.2) is 0 Å². The molecule has 8 nitrogen and oxygen atoms in total. The van der Waals surface area contributed by atoms with Crippen LogP contribution in [0, 0.1) is 10.1 Å². The molecule has 1 heterocycles. The number of nitro groups is 1. The molecule has 0 aliphatic carbocycles. The molecule has 1 aromatic rings. The Morgan fingerprint density at radius 2 is 2.44 bits per heavy atom. The van der Waals surface area contributed by atoms with Crippen LogP contribution in [0.1, 0.15) is 0 Å². The normalized spacial score (nSPS) is 9.33. The van der Waals surface area contributed by atoms with Crippen LogP contribution in [0.3, 0.4) is 0 Å². The smallest absolute Gasteiger partial charge is 0.390 e. The molecule has 0 atom stereocenters. The molecular weight excluding hydrogens is 128 g/mol. The Balaban J connectivity index is 3.08. The highest BCUT2D eigenvalue weighted by atomic mass is 16.6. The third kappa shape index (κ3) is 0.759. The molecule has 2 N–H and O–H groups in total. The van der Waals surface area contributed by atoms with Gasteiger partial charge in [-0.05, 0) is 9.71 Å². The van der Waals surface area contributed by atoms with Gasteiger partial charge in [0.05, 0.1) is 15.5 Å². The average molecular weight is 130 g/mol. The van der Waals surface area contributed by atoms with Crippen molar-refractivity contribution in [3.8, 4) is 0 Å². The number of aromatic nitrogens is 4. The first-order valence-electron chi connectivity index (χ1n) is 1.89. The summed E-state index contributed by atoms with van der Waals surface area (Å²) in [7, 11) is 0. The lowest BCUT2D eigenvalue weighted by molar-refractivity contribution is -0.396. The summed E-state index contributed by atoms with van der Waals surface area (Å²) < 4.78 is 0. The third-order valence-electron chi connectivity index (χ3n) is 0.639. The predicted octanol–water partition coefficient (Wildman–Crippen LogP) is -1.70. The van der Waals surface area contributed by atoms with E-state index in [1.807, 2.05) is 0 Å². The van der Waals surface area contributed by atoms with Crippen molar-refractivity contribution in [3.05, 3.63) is 10.1 Å². The van der Waals surface area contributed by atoms with Gasteiger partial charge < -0.3 is 10.1 Å². The molecule has 0 aromatic carbocycles. The Bertz CT molecular complexity index is 227. The van der Waals surface area contributed by atoms with Crippen LogP contribution in [0.4, 0.5) is 5.95 Å². The molecule has 8 heteroatoms. The monoisotopic (exact) mass is 130 g/mol. The molecule has 0 fully saturated rings. The lowest BCUT2D eigenvalue weighted by atomic mass is 11.1. The van der Waals surface area contributed by atoms with Gasteiger partial charge in [0.15, 0.2) is 0 Å². The van der Waals surface area contributed by atoms with Crippen molar-refractivity contribution in [3.63, 3.8) is 0 Å². The number of nitrogens with zero attached hydrogens (tertiary/aromatic N) is 5. The topological polar surface area (TPSA) is 113 Å². The molecule has 0 aliphatic rings. The third-order valence-corrected chi connectivity index (χ3v) is 0.639. The van der Waals surface area contributed by atoms with Crippen LogP contribution in [0.2, 0.25) is 0 Å². The van der Waals surface area contributed by atoms with Crippen LogP contribution < -0.4 is 5.84 Å². The second-order valence-electron chi connectivity index (χ2n) is 1.18. The van der Waals surface area contributed by atoms with Gasteiger partial charge in [0, 0.05) is 0 Å². The second-order valence-corrected chi connectivity index (χ2v) is 1.18. The van der Waals surface area contributed by atoms with Crippen molar-refractivity contribution in [1.29, 1.82) is 0 Å². The highest BCUT2D eigenvalue weighted by Crippen LogP contribution is 1.95. The summed E-state index contributed by atoms with van der Waals surface area (Å²) in [6.45, 7) is 0. The Morgan fingerprint density at radius 1 is 1.78 bits per heavy atom. The van der Waals surface area contributed by atoms with Gasteiger partial charge in [-0.2, -0.15) is 0 Å². The summed E-state index contributed by atoms with van der Waals surface area (Å²) in [6, 6.07) is 0. The predicted molar refractivity (Wildman–Crippen MR) is 24.6 cm³/mol. The maximum Gasteiger partial charge on any atom is 0.502 e. The van der Waals surface area contributed by atoms with Crippen molar-refractivity contribution in [1.82, 2.24) is 20.3 Å². The first-order valence-corrected chi connectivity index (χ1v) is 1.89. The molecule has 9 heavy (non-hydrogen) atoms. The van der Waals surface area contributed by atoms with Gasteiger partial charge in [-0.25, -0.2) is 0 Å². The largest absolute Gasteiger partial charge is 0.502 e. The molecule has 0 amide bonds. The van der Waals surface area contributed by atoms with E-state index in [1.165, 1.54) is 0 Å². The highest BCUT2D eigenvalue weighted by Gasteiger charge is 2.13. The minimum atomic E-state index is -0.778. The number of rotatable bonds is 1. The molecular formula is CH2N6O2. The van der Waals surface area contributed by atoms with E-state index in [4.69, 9.17) is 5.84 Å². The molecule has 1 aromatic heterocycles. The zero-order valence-electron chi connectivity index (χ0n) is 4.13. The van der Waals surface area contributed by atoms with E-state index in [0.29, 0.717) is 4.79 Å². The summed E-state index contributed by atoms with van der Waals surface area (Å²) in [4.78, 5) is 9.55. The molecule has 0 unspecified atom stereocenters. The van der Waals surface area contributed by atoms with Crippen LogP contribution in [0.25, 0.3) is 0 Å². The maximum atomic E-state index is 9.85. The van der Waals surface area contributed by atoms with Crippen LogP contribution >= 0.6 is 0 Å². The minimum absolute atomic E-state index is 0.486. The fourth-order valence-corrected chi connectivity index (χ4v) is 0.309. The first kappa shape index (κ1) is 5.41. The van der Waals surface area contributed by atoms with Crippen LogP contribution in [0.5, 0.6) is 0 Å². The Hall–Kier alpha value is -1.73. The van der Waals surface area contributed by atoms with E-state index in [-0.39, 0.29) is 0 Å². The number of nitrogens with two attached hydrogens (primary N) is 1. The quantitative estimate of drug-likeness (QED) is 0.275. The van der Waals surface area contributed by atoms with E-state index < -0.39 is 10.9 Å². The molecule has 0 saturated carbocycles. The highest BCUT2D eigenvalue weighted by molar-refractivity contribution is 4.96. The standard InChI is InChI=1S/CH2N6O2/c2-6-1(7(8)9)3-4-5-6/h2H2. The summed E-state index contributed by atoms with van der Waals surface area (Å²) in [5, 5.41) is 18.8. The first-order chi connectivity index (χ1) is 4.22. The fraction of sp³-hybridized carbons (Fsp3) is 0. The van der Waals surface area contributed by atoms with E-state index >= 15 is 0 Å². The molecule has 0 spiro atoms. The summed E-state index contributed by atoms with van der Waals surface area (Å²) in [5.41, 5.74) is 0. The van der Waals surface area contributed by atoms with E-state index in [2.05, 4.69) is 15.5 Å². The van der Waals surface area contributed by atoms with E-state index in [0.717, 1.165) is 0 Å². The molecule has 1 rings (SSSR count). The second kappa shape index (κ2) is 1.65. The van der Waals surface area contributed by atoms with Crippen molar-refractivity contribution in [2.24, 2.45) is 0 Å². The van der Waals surface area contributed by atoms with Crippen LogP contribution in [-0.2, 0) is 0 Å². The molecule has 48 valence electrons. The van der Waals surface area contributed by atoms with Crippen molar-refractivity contribution in [2.45, 2.75) is 0 Å². The maximum absolute atomic E-state index is 9.85. The average Bonchev–Trinajstić information content (AvgIpc) is 2.13. The molecule has 0 aliphatic heterocycles. The summed E-state index contributed by atoms with van der Waals surface area (Å²) in [6.07, 6.45) is 0. The Morgan fingerprint density at radius 3 is 2.67 bits per heavy atom. The fourth-order valence-electron chi connectivity index (χ4n) is 0.309. The van der Waals surface area contributed by atoms with E-state index in [9.17, 15) is 10.1 Å². The molecule has 0 saturated heterocycles. The Kier molecular flexibility index (Phi) is 0.992. The van der Waals surface area contributed by atoms with Gasteiger partial charge in [-0.1, -0.05) is 0 Å². The van der Waals surface area contributed by atoms with Gasteiger partial charge in [-0.3, -0.25) is 5.84 Å². The van der Waals surface area contributed by atoms with Gasteiger partial charge in [0.2, 0.25) is 0 Å². The molecule has 0 radical (unpaired) electrons. The van der Waals surface area contributed by atoms with Gasteiger partial charge in [0.1, 0.15) is 0 Å². The van der Waals surface area contributed by atoms with Crippen molar-refractivity contribution >= 4 is 5.95 Å². The number of nitrogen functional groups attached to an aromatic ring is 1. The van der Waals surface area contributed by atoms with E-state index in [1.54, 1.807) is 0 Å². The van der Waals surface area contributed by atoms with Crippen molar-refractivity contribution < 1.29 is 4.92 Å². The minimum Gasteiger partial charge on any atom is -0.390 e. The van der Waals surface area contributed by atoms with Crippen molar-refractivity contribution in [2.75, 3.05) is 5.84 Å². The van der Waals surface area contributed by atoms with Gasteiger partial charge >= 0.3 is 5.95 Å². The van der Waals surface area contributed by atoms with Crippen LogP contribution in [-0.4, -0.2) is 25.2 Å². The number of hydrogen-bond acceptors (Lipinski definition) is 6. The lowest BCUT2D eigenvalue weighted by Gasteiger charge is -1.86. The van der Waals surface area contributed by atoms with Gasteiger partial charge in [-0.15, -0.1) is 0 Å². The zero-order valence-corrected chi connectivity index (χ0v) is 4.13. The zero-order chi connectivity index (χ0) is 6.85. The SMILES string of the molecule is Nn1nnnc1[N+](=O)[O-]. The number of hydrogen-bond donors (Lipinski definition) is 1. The number of tetrazole rings is 1.